The van der Waals surface area contributed by atoms with Gasteiger partial charge in [0.2, 0.25) is 0 Å². The first kappa shape index (κ1) is 15.5. The van der Waals surface area contributed by atoms with Crippen molar-refractivity contribution in [3.8, 4) is 0 Å². The number of nitrogens with one attached hydrogen (secondary N) is 1. The van der Waals surface area contributed by atoms with E-state index in [1.54, 1.807) is 18.5 Å². The van der Waals surface area contributed by atoms with Crippen molar-refractivity contribution in [3.63, 3.8) is 0 Å². The first-order valence-corrected chi connectivity index (χ1v) is 8.32. The van der Waals surface area contributed by atoms with Gasteiger partial charge >= 0.3 is 0 Å². The van der Waals surface area contributed by atoms with E-state index in [9.17, 15) is 0 Å². The fourth-order valence-electron chi connectivity index (χ4n) is 2.74. The highest BCUT2D eigenvalue weighted by Gasteiger charge is 2.05. The van der Waals surface area contributed by atoms with Crippen molar-refractivity contribution in [3.05, 3.63) is 89.6 Å². The molecule has 0 atom stereocenters. The summed E-state index contributed by atoms with van der Waals surface area (Å²) in [5.41, 5.74) is 3.12. The molecule has 122 valence electrons. The highest BCUT2D eigenvalue weighted by atomic mass is 35.5. The van der Waals surface area contributed by atoms with Gasteiger partial charge in [0.1, 0.15) is 11.0 Å². The van der Waals surface area contributed by atoms with E-state index < -0.39 is 0 Å². The van der Waals surface area contributed by atoms with Gasteiger partial charge < -0.3 is 5.32 Å². The predicted molar refractivity (Wildman–Crippen MR) is 101 cm³/mol. The number of rotatable bonds is 4. The number of nitrogens with zero attached hydrogens (tertiary/aromatic N) is 3. The molecule has 5 heteroatoms. The number of aromatic nitrogens is 3. The third-order valence-electron chi connectivity index (χ3n) is 3.93. The van der Waals surface area contributed by atoms with Crippen molar-refractivity contribution < 1.29 is 0 Å². The molecule has 4 aromatic rings. The lowest BCUT2D eigenvalue weighted by atomic mass is 10.0. The number of pyridine rings is 3. The molecule has 0 spiro atoms. The highest BCUT2D eigenvalue weighted by Crippen LogP contribution is 2.26. The summed E-state index contributed by atoms with van der Waals surface area (Å²) in [6.07, 6.45) is 6.13. The molecule has 1 N–H and O–H groups in total. The number of hydrogen-bond donors (Lipinski definition) is 1. The van der Waals surface area contributed by atoms with Gasteiger partial charge in [0, 0.05) is 29.9 Å². The van der Waals surface area contributed by atoms with Crippen LogP contribution in [0.5, 0.6) is 0 Å². The molecule has 0 bridgehead atoms. The van der Waals surface area contributed by atoms with Gasteiger partial charge in [-0.15, -0.1) is 0 Å². The summed E-state index contributed by atoms with van der Waals surface area (Å²) in [4.78, 5) is 12.9. The van der Waals surface area contributed by atoms with Crippen LogP contribution in [0.2, 0.25) is 5.15 Å². The van der Waals surface area contributed by atoms with E-state index >= 15 is 0 Å². The maximum atomic E-state index is 5.83. The molecule has 0 amide bonds. The number of hydrogen-bond acceptors (Lipinski definition) is 4. The molecule has 1 aromatic carbocycles. The van der Waals surface area contributed by atoms with Crippen LogP contribution in [0.4, 0.5) is 11.5 Å². The van der Waals surface area contributed by atoms with Gasteiger partial charge in [-0.2, -0.15) is 0 Å². The molecule has 0 aliphatic carbocycles. The molecule has 4 rings (SSSR count). The van der Waals surface area contributed by atoms with Gasteiger partial charge in [-0.25, -0.2) is 9.97 Å². The minimum Gasteiger partial charge on any atom is -0.338 e. The number of halogens is 1. The molecule has 3 aromatic heterocycles. The normalized spacial score (nSPS) is 10.8. The molecule has 0 saturated carbocycles. The van der Waals surface area contributed by atoms with E-state index in [1.165, 1.54) is 5.56 Å². The van der Waals surface area contributed by atoms with Crippen LogP contribution in [0.1, 0.15) is 11.3 Å². The maximum absolute atomic E-state index is 5.83. The molecule has 0 unspecified atom stereocenters. The Morgan fingerprint density at radius 2 is 1.84 bits per heavy atom. The third-order valence-corrected chi connectivity index (χ3v) is 4.15. The van der Waals surface area contributed by atoms with Crippen LogP contribution < -0.4 is 5.32 Å². The van der Waals surface area contributed by atoms with E-state index in [4.69, 9.17) is 11.6 Å². The van der Waals surface area contributed by atoms with Crippen molar-refractivity contribution >= 4 is 33.9 Å². The van der Waals surface area contributed by atoms with Gasteiger partial charge in [-0.1, -0.05) is 35.9 Å². The van der Waals surface area contributed by atoms with Crippen LogP contribution in [0, 0.1) is 0 Å². The summed E-state index contributed by atoms with van der Waals surface area (Å²) in [6, 6.07) is 18.0. The van der Waals surface area contributed by atoms with Gasteiger partial charge in [-0.05, 0) is 41.3 Å². The van der Waals surface area contributed by atoms with Crippen LogP contribution >= 0.6 is 11.6 Å². The Balaban J connectivity index is 1.64. The van der Waals surface area contributed by atoms with Crippen LogP contribution in [0.15, 0.2) is 73.2 Å². The van der Waals surface area contributed by atoms with E-state index in [-0.39, 0.29) is 0 Å². The SMILES string of the molecule is Clc1ccc(Nc2nccc3cc(Cc4ccccn4)ccc23)cn1. The zero-order valence-corrected chi connectivity index (χ0v) is 14.1. The van der Waals surface area contributed by atoms with Crippen LogP contribution in [0.3, 0.4) is 0 Å². The first-order chi connectivity index (χ1) is 12.3. The van der Waals surface area contributed by atoms with Crippen molar-refractivity contribution in [1.29, 1.82) is 0 Å². The van der Waals surface area contributed by atoms with Crippen LogP contribution in [-0.4, -0.2) is 15.0 Å². The Morgan fingerprint density at radius 3 is 2.64 bits per heavy atom. The molecular weight excluding hydrogens is 332 g/mol. The second kappa shape index (κ2) is 6.87. The molecule has 0 fully saturated rings. The highest BCUT2D eigenvalue weighted by molar-refractivity contribution is 6.29. The van der Waals surface area contributed by atoms with Crippen LogP contribution in [-0.2, 0) is 6.42 Å². The van der Waals surface area contributed by atoms with Crippen molar-refractivity contribution in [2.24, 2.45) is 0 Å². The quantitative estimate of drug-likeness (QED) is 0.527. The Kier molecular flexibility index (Phi) is 4.27. The minimum absolute atomic E-state index is 0.468. The Bertz CT molecular complexity index is 1000. The van der Waals surface area contributed by atoms with Crippen molar-refractivity contribution in [1.82, 2.24) is 15.0 Å². The summed E-state index contributed by atoms with van der Waals surface area (Å²) < 4.78 is 0. The summed E-state index contributed by atoms with van der Waals surface area (Å²) in [7, 11) is 0. The summed E-state index contributed by atoms with van der Waals surface area (Å²) in [5.74, 6) is 0.797. The van der Waals surface area contributed by atoms with Gasteiger partial charge in [0.15, 0.2) is 0 Å². The second-order valence-corrected chi connectivity index (χ2v) is 6.09. The van der Waals surface area contributed by atoms with Crippen molar-refractivity contribution in [2.75, 3.05) is 5.32 Å². The third kappa shape index (κ3) is 3.59. The van der Waals surface area contributed by atoms with E-state index in [1.807, 2.05) is 36.5 Å². The molecule has 25 heavy (non-hydrogen) atoms. The van der Waals surface area contributed by atoms with Gasteiger partial charge in [0.05, 0.1) is 11.9 Å². The second-order valence-electron chi connectivity index (χ2n) is 5.71. The Labute approximate surface area is 150 Å². The van der Waals surface area contributed by atoms with E-state index in [0.29, 0.717) is 5.15 Å². The molecule has 0 aliphatic heterocycles. The fraction of sp³-hybridized carbons (Fsp3) is 0.0500. The molecule has 0 saturated heterocycles. The smallest absolute Gasteiger partial charge is 0.138 e. The average molecular weight is 347 g/mol. The molecule has 3 heterocycles. The maximum Gasteiger partial charge on any atom is 0.138 e. The summed E-state index contributed by atoms with van der Waals surface area (Å²) in [6.45, 7) is 0. The molecule has 4 nitrogen and oxygen atoms in total. The van der Waals surface area contributed by atoms with Crippen LogP contribution in [0.25, 0.3) is 10.8 Å². The molecular formula is C20H15ClN4. The standard InChI is InChI=1S/C20H15ClN4/c21-19-7-5-17(13-24-19)25-20-18-6-4-14(11-15(18)8-10-23-20)12-16-3-1-2-9-22-16/h1-11,13H,12H2,(H,23,25). The molecule has 0 aliphatic rings. The van der Waals surface area contributed by atoms with Crippen molar-refractivity contribution in [2.45, 2.75) is 6.42 Å². The number of benzene rings is 1. The molecule has 0 radical (unpaired) electrons. The number of fused-ring (bicyclic) bond motifs is 1. The largest absolute Gasteiger partial charge is 0.338 e. The topological polar surface area (TPSA) is 50.7 Å². The average Bonchev–Trinajstić information content (AvgIpc) is 2.64. The lowest BCUT2D eigenvalue weighted by molar-refractivity contribution is 1.08. The minimum atomic E-state index is 0.468. The lowest BCUT2D eigenvalue weighted by Crippen LogP contribution is -1.96. The summed E-state index contributed by atoms with van der Waals surface area (Å²) in [5, 5.41) is 5.96. The Hall–Kier alpha value is -2.98. The first-order valence-electron chi connectivity index (χ1n) is 7.94. The lowest BCUT2D eigenvalue weighted by Gasteiger charge is -2.10. The zero-order chi connectivity index (χ0) is 17.1. The zero-order valence-electron chi connectivity index (χ0n) is 13.4. The Morgan fingerprint density at radius 1 is 0.880 bits per heavy atom. The van der Waals surface area contributed by atoms with Gasteiger partial charge in [0.25, 0.3) is 0 Å². The monoisotopic (exact) mass is 346 g/mol. The number of anilines is 2. The van der Waals surface area contributed by atoms with E-state index in [0.717, 1.165) is 34.4 Å². The van der Waals surface area contributed by atoms with Gasteiger partial charge in [-0.3, -0.25) is 4.98 Å². The van der Waals surface area contributed by atoms with E-state index in [2.05, 4.69) is 38.5 Å². The summed E-state index contributed by atoms with van der Waals surface area (Å²) >= 11 is 5.83. The fourth-order valence-corrected chi connectivity index (χ4v) is 2.85. The predicted octanol–water partition coefficient (Wildman–Crippen LogP) is 5.01.